The third-order valence-electron chi connectivity index (χ3n) is 2.16. The smallest absolute Gasteiger partial charge is 0.123 e. The summed E-state index contributed by atoms with van der Waals surface area (Å²) in [5, 5.41) is 5.15. The van der Waals surface area contributed by atoms with Crippen LogP contribution in [0.4, 0.5) is 4.39 Å². The summed E-state index contributed by atoms with van der Waals surface area (Å²) >= 11 is 1.69. The van der Waals surface area contributed by atoms with E-state index in [1.54, 1.807) is 23.5 Å². The normalized spacial score (nSPS) is 10.5. The first-order chi connectivity index (χ1) is 7.29. The molecule has 0 fully saturated rings. The summed E-state index contributed by atoms with van der Waals surface area (Å²) in [5.74, 6) is -0.186. The van der Waals surface area contributed by atoms with E-state index in [1.165, 1.54) is 10.9 Å². The Morgan fingerprint density at radius 1 is 1.27 bits per heavy atom. The molecular weight excluding hydrogens is 209 g/mol. The number of nitrogens with one attached hydrogen (secondary N) is 1. The second-order valence-corrected chi connectivity index (χ2v) is 4.34. The van der Waals surface area contributed by atoms with Gasteiger partial charge in [0.15, 0.2) is 0 Å². The van der Waals surface area contributed by atoms with Crippen LogP contribution in [0.5, 0.6) is 0 Å². The largest absolute Gasteiger partial charge is 0.315 e. The third kappa shape index (κ3) is 2.43. The van der Waals surface area contributed by atoms with Gasteiger partial charge in [-0.3, -0.25) is 0 Å². The highest BCUT2D eigenvalue weighted by atomic mass is 32.1. The number of halogens is 1. The van der Waals surface area contributed by atoms with Crippen molar-refractivity contribution in [3.63, 3.8) is 0 Å². The summed E-state index contributed by atoms with van der Waals surface area (Å²) in [6.07, 6.45) is 0. The number of hydrogen-bond acceptors (Lipinski definition) is 2. The molecule has 0 spiro atoms. The first-order valence-electron chi connectivity index (χ1n) is 4.77. The summed E-state index contributed by atoms with van der Waals surface area (Å²) in [6, 6.07) is 8.78. The van der Waals surface area contributed by atoms with Gasteiger partial charge in [-0.1, -0.05) is 12.1 Å². The zero-order valence-corrected chi connectivity index (χ0v) is 9.27. The molecule has 0 saturated carbocycles. The molecule has 0 saturated heterocycles. The van der Waals surface area contributed by atoms with Gasteiger partial charge in [-0.2, -0.15) is 0 Å². The Morgan fingerprint density at radius 3 is 2.87 bits per heavy atom. The van der Waals surface area contributed by atoms with Crippen LogP contribution in [0.15, 0.2) is 35.7 Å². The van der Waals surface area contributed by atoms with Crippen molar-refractivity contribution in [3.8, 4) is 11.1 Å². The lowest BCUT2D eigenvalue weighted by Crippen LogP contribution is -2.02. The Morgan fingerprint density at radius 2 is 2.13 bits per heavy atom. The average Bonchev–Trinajstić information content (AvgIpc) is 2.67. The predicted octanol–water partition coefficient (Wildman–Crippen LogP) is 3.27. The van der Waals surface area contributed by atoms with E-state index in [0.717, 1.165) is 17.7 Å². The Labute approximate surface area is 92.6 Å². The van der Waals surface area contributed by atoms with Crippen molar-refractivity contribution < 1.29 is 4.39 Å². The van der Waals surface area contributed by atoms with Gasteiger partial charge in [0, 0.05) is 11.4 Å². The van der Waals surface area contributed by atoms with E-state index in [0.29, 0.717) is 0 Å². The molecule has 78 valence electrons. The summed E-state index contributed by atoms with van der Waals surface area (Å²) in [4.78, 5) is 1.26. The molecule has 1 aromatic carbocycles. The van der Waals surface area contributed by atoms with Crippen LogP contribution < -0.4 is 5.32 Å². The zero-order chi connectivity index (χ0) is 10.7. The van der Waals surface area contributed by atoms with E-state index in [1.807, 2.05) is 13.1 Å². The summed E-state index contributed by atoms with van der Waals surface area (Å²) in [7, 11) is 1.92. The van der Waals surface area contributed by atoms with Gasteiger partial charge in [0.05, 0.1) is 0 Å². The van der Waals surface area contributed by atoms with Gasteiger partial charge < -0.3 is 5.32 Å². The third-order valence-corrected chi connectivity index (χ3v) is 3.10. The van der Waals surface area contributed by atoms with Gasteiger partial charge in [0.2, 0.25) is 0 Å². The maximum atomic E-state index is 13.0. The highest BCUT2D eigenvalue weighted by Crippen LogP contribution is 2.25. The molecule has 1 nitrogen and oxygen atoms in total. The van der Waals surface area contributed by atoms with Gasteiger partial charge in [-0.15, -0.1) is 11.3 Å². The minimum absolute atomic E-state index is 0.186. The highest BCUT2D eigenvalue weighted by molar-refractivity contribution is 7.10. The molecule has 2 rings (SSSR count). The standard InChI is InChI=1S/C12H12FNS/c1-14-7-12-6-10(8-15-12)9-3-2-4-11(13)5-9/h2-6,8,14H,7H2,1H3. The fraction of sp³-hybridized carbons (Fsp3) is 0.167. The molecule has 0 radical (unpaired) electrons. The average molecular weight is 221 g/mol. The first-order valence-corrected chi connectivity index (χ1v) is 5.65. The van der Waals surface area contributed by atoms with Crippen molar-refractivity contribution in [2.45, 2.75) is 6.54 Å². The number of thiophene rings is 1. The SMILES string of the molecule is CNCc1cc(-c2cccc(F)c2)cs1. The van der Waals surface area contributed by atoms with Crippen molar-refractivity contribution in [1.29, 1.82) is 0 Å². The second-order valence-electron chi connectivity index (χ2n) is 3.34. The van der Waals surface area contributed by atoms with E-state index in [2.05, 4.69) is 16.8 Å². The lowest BCUT2D eigenvalue weighted by Gasteiger charge is -1.97. The van der Waals surface area contributed by atoms with Crippen LogP contribution in [-0.2, 0) is 6.54 Å². The van der Waals surface area contributed by atoms with Gasteiger partial charge >= 0.3 is 0 Å². The molecule has 0 aliphatic carbocycles. The van der Waals surface area contributed by atoms with Crippen molar-refractivity contribution in [1.82, 2.24) is 5.32 Å². The van der Waals surface area contributed by atoms with Gasteiger partial charge in [0.1, 0.15) is 5.82 Å². The molecule has 2 aromatic rings. The van der Waals surface area contributed by atoms with Crippen molar-refractivity contribution in [3.05, 3.63) is 46.4 Å². The second kappa shape index (κ2) is 4.55. The monoisotopic (exact) mass is 221 g/mol. The molecule has 1 heterocycles. The van der Waals surface area contributed by atoms with E-state index in [9.17, 15) is 4.39 Å². The molecule has 1 aromatic heterocycles. The molecule has 1 N–H and O–H groups in total. The molecule has 0 unspecified atom stereocenters. The van der Waals surface area contributed by atoms with Crippen LogP contribution in [0.1, 0.15) is 4.88 Å². The molecular formula is C12H12FNS. The molecule has 3 heteroatoms. The molecule has 0 aliphatic heterocycles. The molecule has 15 heavy (non-hydrogen) atoms. The fourth-order valence-corrected chi connectivity index (χ4v) is 2.37. The maximum absolute atomic E-state index is 13.0. The Bertz CT molecular complexity index is 450. The summed E-state index contributed by atoms with van der Waals surface area (Å²) < 4.78 is 13.0. The van der Waals surface area contributed by atoms with Gasteiger partial charge in [-0.25, -0.2) is 4.39 Å². The number of rotatable bonds is 3. The maximum Gasteiger partial charge on any atom is 0.123 e. The molecule has 0 aliphatic rings. The van der Waals surface area contributed by atoms with Crippen molar-refractivity contribution in [2.24, 2.45) is 0 Å². The Balaban J connectivity index is 2.29. The Hall–Kier alpha value is -1.19. The minimum Gasteiger partial charge on any atom is -0.315 e. The predicted molar refractivity (Wildman–Crippen MR) is 62.5 cm³/mol. The van der Waals surface area contributed by atoms with Crippen LogP contribution in [0.3, 0.4) is 0 Å². The minimum atomic E-state index is -0.186. The van der Waals surface area contributed by atoms with E-state index in [4.69, 9.17) is 0 Å². The van der Waals surface area contributed by atoms with Crippen molar-refractivity contribution in [2.75, 3.05) is 7.05 Å². The van der Waals surface area contributed by atoms with Crippen molar-refractivity contribution >= 4 is 11.3 Å². The lowest BCUT2D eigenvalue weighted by molar-refractivity contribution is 0.628. The van der Waals surface area contributed by atoms with Crippen LogP contribution >= 0.6 is 11.3 Å². The van der Waals surface area contributed by atoms with Crippen LogP contribution in [0, 0.1) is 5.82 Å². The first kappa shape index (κ1) is 10.3. The van der Waals surface area contributed by atoms with E-state index < -0.39 is 0 Å². The van der Waals surface area contributed by atoms with Gasteiger partial charge in [-0.05, 0) is 41.8 Å². The zero-order valence-electron chi connectivity index (χ0n) is 8.46. The van der Waals surface area contributed by atoms with E-state index >= 15 is 0 Å². The summed E-state index contributed by atoms with van der Waals surface area (Å²) in [6.45, 7) is 0.861. The Kier molecular flexibility index (Phi) is 3.14. The molecule has 0 bridgehead atoms. The molecule has 0 atom stereocenters. The van der Waals surface area contributed by atoms with E-state index in [-0.39, 0.29) is 5.82 Å². The summed E-state index contributed by atoms with van der Waals surface area (Å²) in [5.41, 5.74) is 2.03. The van der Waals surface area contributed by atoms with Crippen LogP contribution in [0.2, 0.25) is 0 Å². The highest BCUT2D eigenvalue weighted by Gasteiger charge is 2.02. The number of hydrogen-bond donors (Lipinski definition) is 1. The van der Waals surface area contributed by atoms with Crippen LogP contribution in [-0.4, -0.2) is 7.05 Å². The topological polar surface area (TPSA) is 12.0 Å². The van der Waals surface area contributed by atoms with Crippen LogP contribution in [0.25, 0.3) is 11.1 Å². The molecule has 0 amide bonds. The fourth-order valence-electron chi connectivity index (χ4n) is 1.47. The van der Waals surface area contributed by atoms with Gasteiger partial charge in [0.25, 0.3) is 0 Å². The number of benzene rings is 1. The quantitative estimate of drug-likeness (QED) is 0.838. The lowest BCUT2D eigenvalue weighted by atomic mass is 10.1.